The van der Waals surface area contributed by atoms with Gasteiger partial charge in [-0.2, -0.15) is 5.10 Å². The summed E-state index contributed by atoms with van der Waals surface area (Å²) in [5.74, 6) is 0.621. The van der Waals surface area contributed by atoms with Crippen molar-refractivity contribution in [2.45, 2.75) is 6.42 Å². The second-order valence-electron chi connectivity index (χ2n) is 5.31. The smallest absolute Gasteiger partial charge is 0.244 e. The van der Waals surface area contributed by atoms with Gasteiger partial charge in [0, 0.05) is 10.0 Å². The molecule has 0 aliphatic heterocycles. The van der Waals surface area contributed by atoms with E-state index in [-0.39, 0.29) is 18.1 Å². The highest BCUT2D eigenvalue weighted by molar-refractivity contribution is 9.10. The zero-order valence-electron chi connectivity index (χ0n) is 13.1. The van der Waals surface area contributed by atoms with Gasteiger partial charge in [0.25, 0.3) is 0 Å². The minimum Gasteiger partial charge on any atom is -0.455 e. The molecule has 25 heavy (non-hydrogen) atoms. The van der Waals surface area contributed by atoms with Crippen molar-refractivity contribution < 1.29 is 13.6 Å². The number of carbonyl (C=O) groups excluding carboxylic acids is 1. The van der Waals surface area contributed by atoms with Crippen LogP contribution in [0.3, 0.4) is 0 Å². The van der Waals surface area contributed by atoms with Gasteiger partial charge < -0.3 is 4.42 Å². The molecule has 0 aliphatic rings. The third-order valence-electron chi connectivity index (χ3n) is 3.41. The maximum Gasteiger partial charge on any atom is 0.244 e. The molecule has 0 fully saturated rings. The number of furan rings is 1. The van der Waals surface area contributed by atoms with Gasteiger partial charge in [-0.3, -0.25) is 4.79 Å². The van der Waals surface area contributed by atoms with Crippen LogP contribution in [0.2, 0.25) is 0 Å². The Bertz CT molecular complexity index is 887. The van der Waals surface area contributed by atoms with E-state index in [1.165, 1.54) is 18.3 Å². The van der Waals surface area contributed by atoms with Gasteiger partial charge in [-0.15, -0.1) is 0 Å². The van der Waals surface area contributed by atoms with Crippen LogP contribution in [0.25, 0.3) is 11.3 Å². The lowest BCUT2D eigenvalue weighted by Gasteiger charge is -2.00. The number of rotatable bonds is 5. The number of nitrogens with zero attached hydrogens (tertiary/aromatic N) is 1. The molecule has 0 radical (unpaired) electrons. The number of halogens is 2. The monoisotopic (exact) mass is 400 g/mol. The summed E-state index contributed by atoms with van der Waals surface area (Å²) in [4.78, 5) is 11.8. The van der Waals surface area contributed by atoms with Crippen molar-refractivity contribution in [3.05, 3.63) is 82.3 Å². The van der Waals surface area contributed by atoms with Crippen LogP contribution in [-0.2, 0) is 11.2 Å². The van der Waals surface area contributed by atoms with Gasteiger partial charge in [0.1, 0.15) is 17.3 Å². The molecule has 0 spiro atoms. The molecule has 0 unspecified atom stereocenters. The average molecular weight is 401 g/mol. The van der Waals surface area contributed by atoms with Crippen LogP contribution in [0.5, 0.6) is 0 Å². The summed E-state index contributed by atoms with van der Waals surface area (Å²) in [6, 6.07) is 17.1. The lowest BCUT2D eigenvalue weighted by molar-refractivity contribution is -0.120. The van der Waals surface area contributed by atoms with E-state index in [2.05, 4.69) is 26.5 Å². The minimum absolute atomic E-state index is 0.125. The van der Waals surface area contributed by atoms with Crippen LogP contribution in [-0.4, -0.2) is 12.1 Å². The zero-order valence-corrected chi connectivity index (χ0v) is 14.7. The molecule has 1 aromatic heterocycles. The third kappa shape index (κ3) is 4.87. The Labute approximate surface area is 152 Å². The van der Waals surface area contributed by atoms with Crippen molar-refractivity contribution in [2.75, 3.05) is 0 Å². The van der Waals surface area contributed by atoms with E-state index in [1.54, 1.807) is 18.2 Å². The first-order chi connectivity index (χ1) is 12.1. The van der Waals surface area contributed by atoms with Crippen molar-refractivity contribution in [3.63, 3.8) is 0 Å². The van der Waals surface area contributed by atoms with Crippen LogP contribution in [0.1, 0.15) is 11.3 Å². The van der Waals surface area contributed by atoms with Crippen LogP contribution >= 0.6 is 15.9 Å². The molecular weight excluding hydrogens is 387 g/mol. The number of amides is 1. The molecule has 0 atom stereocenters. The molecule has 1 heterocycles. The Morgan fingerprint density at radius 1 is 1.08 bits per heavy atom. The first kappa shape index (κ1) is 17.1. The Kier molecular flexibility index (Phi) is 5.40. The molecule has 126 valence electrons. The Balaban J connectivity index is 1.56. The molecule has 4 nitrogen and oxygen atoms in total. The third-order valence-corrected chi connectivity index (χ3v) is 3.94. The lowest BCUT2D eigenvalue weighted by atomic mass is 10.1. The van der Waals surface area contributed by atoms with Gasteiger partial charge in [0.2, 0.25) is 5.91 Å². The average Bonchev–Trinajstić information content (AvgIpc) is 3.06. The second kappa shape index (κ2) is 7.90. The molecule has 3 rings (SSSR count). The van der Waals surface area contributed by atoms with Gasteiger partial charge in [0.05, 0.1) is 12.6 Å². The highest BCUT2D eigenvalue weighted by atomic mass is 79.9. The second-order valence-corrected chi connectivity index (χ2v) is 6.22. The first-order valence-corrected chi connectivity index (χ1v) is 8.31. The summed E-state index contributed by atoms with van der Waals surface area (Å²) in [6.07, 6.45) is 1.56. The van der Waals surface area contributed by atoms with Crippen molar-refractivity contribution in [3.8, 4) is 11.3 Å². The van der Waals surface area contributed by atoms with E-state index in [0.717, 1.165) is 10.0 Å². The number of nitrogens with one attached hydrogen (secondary N) is 1. The summed E-state index contributed by atoms with van der Waals surface area (Å²) in [7, 11) is 0. The summed E-state index contributed by atoms with van der Waals surface area (Å²) >= 11 is 3.39. The maximum atomic E-state index is 12.8. The number of carbonyl (C=O) groups is 1. The minimum atomic E-state index is -0.332. The largest absolute Gasteiger partial charge is 0.455 e. The summed E-state index contributed by atoms with van der Waals surface area (Å²) in [5, 5.41) is 3.88. The predicted octanol–water partition coefficient (Wildman–Crippen LogP) is 4.54. The summed E-state index contributed by atoms with van der Waals surface area (Å²) in [5.41, 5.74) is 4.08. The van der Waals surface area contributed by atoms with E-state index in [0.29, 0.717) is 17.1 Å². The Hall–Kier alpha value is -2.73. The molecule has 0 saturated carbocycles. The number of benzene rings is 2. The van der Waals surface area contributed by atoms with E-state index in [4.69, 9.17) is 4.42 Å². The Morgan fingerprint density at radius 3 is 2.52 bits per heavy atom. The van der Waals surface area contributed by atoms with E-state index in [9.17, 15) is 9.18 Å². The number of hydrogen-bond acceptors (Lipinski definition) is 3. The molecule has 6 heteroatoms. The van der Waals surface area contributed by atoms with Crippen LogP contribution < -0.4 is 5.43 Å². The summed E-state index contributed by atoms with van der Waals surface area (Å²) < 4.78 is 19.5. The van der Waals surface area contributed by atoms with Crippen molar-refractivity contribution in [1.82, 2.24) is 5.43 Å². The zero-order chi connectivity index (χ0) is 17.6. The van der Waals surface area contributed by atoms with E-state index >= 15 is 0 Å². The van der Waals surface area contributed by atoms with Crippen molar-refractivity contribution in [1.29, 1.82) is 0 Å². The first-order valence-electron chi connectivity index (χ1n) is 7.52. The quantitative estimate of drug-likeness (QED) is 0.504. The van der Waals surface area contributed by atoms with E-state index in [1.807, 2.05) is 30.3 Å². The van der Waals surface area contributed by atoms with Gasteiger partial charge >= 0.3 is 0 Å². The highest BCUT2D eigenvalue weighted by Crippen LogP contribution is 2.23. The molecule has 1 N–H and O–H groups in total. The van der Waals surface area contributed by atoms with Crippen molar-refractivity contribution >= 4 is 28.1 Å². The Morgan fingerprint density at radius 2 is 1.80 bits per heavy atom. The van der Waals surface area contributed by atoms with Gasteiger partial charge in [-0.1, -0.05) is 40.2 Å². The molecular formula is C19H14BrFN2O2. The predicted molar refractivity (Wildman–Crippen MR) is 97.7 cm³/mol. The molecule has 1 amide bonds. The van der Waals surface area contributed by atoms with Crippen LogP contribution in [0, 0.1) is 5.82 Å². The molecule has 2 aromatic carbocycles. The molecule has 0 aliphatic carbocycles. The normalized spacial score (nSPS) is 11.0. The summed E-state index contributed by atoms with van der Waals surface area (Å²) in [6.45, 7) is 0. The fraction of sp³-hybridized carbons (Fsp3) is 0.0526. The van der Waals surface area contributed by atoms with Gasteiger partial charge in [0.15, 0.2) is 0 Å². The topological polar surface area (TPSA) is 54.6 Å². The standard InChI is InChI=1S/C19H14BrFN2O2/c20-15-5-3-14(4-6-15)18-10-9-17(25-18)12-22-23-19(24)11-13-1-7-16(21)8-2-13/h1-10,12H,11H2,(H,23,24)/b22-12+. The van der Waals surface area contributed by atoms with Gasteiger partial charge in [-0.05, 0) is 42.0 Å². The van der Waals surface area contributed by atoms with E-state index < -0.39 is 0 Å². The molecule has 0 saturated heterocycles. The fourth-order valence-corrected chi connectivity index (χ4v) is 2.45. The SMILES string of the molecule is O=C(Cc1ccc(F)cc1)N/N=C/c1ccc(-c2ccc(Br)cc2)o1. The number of hydrogen-bond donors (Lipinski definition) is 1. The van der Waals surface area contributed by atoms with Crippen molar-refractivity contribution in [2.24, 2.45) is 5.10 Å². The van der Waals surface area contributed by atoms with Crippen LogP contribution in [0.4, 0.5) is 4.39 Å². The van der Waals surface area contributed by atoms with Crippen LogP contribution in [0.15, 0.2) is 74.7 Å². The van der Waals surface area contributed by atoms with Gasteiger partial charge in [-0.25, -0.2) is 9.82 Å². The lowest BCUT2D eigenvalue weighted by Crippen LogP contribution is -2.19. The molecule has 0 bridgehead atoms. The highest BCUT2D eigenvalue weighted by Gasteiger charge is 2.04. The maximum absolute atomic E-state index is 12.8. The molecule has 3 aromatic rings. The number of hydrazone groups is 1. The fourth-order valence-electron chi connectivity index (χ4n) is 2.19.